The van der Waals surface area contributed by atoms with Crippen LogP contribution in [0.4, 0.5) is 0 Å². The van der Waals surface area contributed by atoms with Gasteiger partial charge in [-0.05, 0) is 12.1 Å². The largest absolute Gasteiger partial charge is 0.477 e. The van der Waals surface area contributed by atoms with Gasteiger partial charge < -0.3 is 9.30 Å². The second-order valence-corrected chi connectivity index (χ2v) is 5.60. The highest BCUT2D eigenvalue weighted by molar-refractivity contribution is 6.11. The van der Waals surface area contributed by atoms with E-state index in [9.17, 15) is 0 Å². The lowest BCUT2D eigenvalue weighted by Gasteiger charge is -2.28. The van der Waals surface area contributed by atoms with Crippen LogP contribution in [0.5, 0.6) is 5.75 Å². The standard InChI is InChI=1S/C18H18N2O/c1-3-10-20-11-13-8-9-16-17(18(13)21-12-20)14-6-4-5-7-15(14)19(16)2/h3-9H,1,10-12H2,2H3. The third-order valence-corrected chi connectivity index (χ3v) is 4.29. The molecule has 0 N–H and O–H groups in total. The number of para-hydroxylation sites is 1. The maximum absolute atomic E-state index is 6.09. The Hall–Kier alpha value is -2.26. The number of aromatic nitrogens is 1. The molecular formula is C18H18N2O. The third kappa shape index (κ3) is 1.78. The van der Waals surface area contributed by atoms with Gasteiger partial charge in [0.2, 0.25) is 0 Å². The lowest BCUT2D eigenvalue weighted by Crippen LogP contribution is -2.32. The Bertz CT molecular complexity index is 847. The minimum Gasteiger partial charge on any atom is -0.477 e. The Kier molecular flexibility index (Phi) is 2.76. The maximum atomic E-state index is 6.09. The number of fused-ring (bicyclic) bond motifs is 5. The van der Waals surface area contributed by atoms with Gasteiger partial charge in [0.05, 0.1) is 5.52 Å². The summed E-state index contributed by atoms with van der Waals surface area (Å²) in [5.41, 5.74) is 3.73. The molecule has 0 radical (unpaired) electrons. The summed E-state index contributed by atoms with van der Waals surface area (Å²) in [6.07, 6.45) is 1.92. The van der Waals surface area contributed by atoms with E-state index in [2.05, 4.69) is 59.5 Å². The quantitative estimate of drug-likeness (QED) is 0.665. The van der Waals surface area contributed by atoms with Crippen LogP contribution in [0.25, 0.3) is 21.8 Å². The Morgan fingerprint density at radius 2 is 2.05 bits per heavy atom. The minimum absolute atomic E-state index is 0.626. The van der Waals surface area contributed by atoms with Crippen molar-refractivity contribution < 1.29 is 4.74 Å². The fraction of sp³-hybridized carbons (Fsp3) is 0.222. The molecule has 1 aliphatic heterocycles. The molecule has 1 aromatic heterocycles. The zero-order chi connectivity index (χ0) is 14.4. The van der Waals surface area contributed by atoms with E-state index >= 15 is 0 Å². The zero-order valence-corrected chi connectivity index (χ0v) is 12.2. The Morgan fingerprint density at radius 1 is 1.19 bits per heavy atom. The summed E-state index contributed by atoms with van der Waals surface area (Å²) in [4.78, 5) is 2.24. The van der Waals surface area contributed by atoms with Gasteiger partial charge in [-0.2, -0.15) is 0 Å². The predicted octanol–water partition coefficient (Wildman–Crippen LogP) is 3.67. The van der Waals surface area contributed by atoms with Crippen LogP contribution >= 0.6 is 0 Å². The van der Waals surface area contributed by atoms with Crippen LogP contribution in [0.3, 0.4) is 0 Å². The Labute approximate surface area is 124 Å². The molecule has 0 spiro atoms. The summed E-state index contributed by atoms with van der Waals surface area (Å²) in [5, 5.41) is 2.51. The summed E-state index contributed by atoms with van der Waals surface area (Å²) in [5.74, 6) is 1.05. The van der Waals surface area contributed by atoms with E-state index in [4.69, 9.17) is 4.74 Å². The molecule has 2 aromatic carbocycles. The first-order chi connectivity index (χ1) is 10.3. The maximum Gasteiger partial charge on any atom is 0.142 e. The Balaban J connectivity index is 1.98. The van der Waals surface area contributed by atoms with Gasteiger partial charge in [-0.25, -0.2) is 0 Å². The predicted molar refractivity (Wildman–Crippen MR) is 86.5 cm³/mol. The highest BCUT2D eigenvalue weighted by atomic mass is 16.5. The monoisotopic (exact) mass is 278 g/mol. The molecule has 0 saturated carbocycles. The van der Waals surface area contributed by atoms with Gasteiger partial charge in [-0.3, -0.25) is 4.90 Å². The first kappa shape index (κ1) is 12.5. The highest BCUT2D eigenvalue weighted by Crippen LogP contribution is 2.39. The van der Waals surface area contributed by atoms with Gasteiger partial charge >= 0.3 is 0 Å². The van der Waals surface area contributed by atoms with Crippen molar-refractivity contribution in [3.8, 4) is 5.75 Å². The lowest BCUT2D eigenvalue weighted by atomic mass is 10.1. The first-order valence-corrected chi connectivity index (χ1v) is 7.24. The zero-order valence-electron chi connectivity index (χ0n) is 12.2. The van der Waals surface area contributed by atoms with E-state index in [1.54, 1.807) is 0 Å². The van der Waals surface area contributed by atoms with Crippen LogP contribution in [-0.2, 0) is 13.6 Å². The van der Waals surface area contributed by atoms with E-state index in [1.165, 1.54) is 27.4 Å². The normalized spacial score (nSPS) is 15.1. The number of hydrogen-bond acceptors (Lipinski definition) is 2. The van der Waals surface area contributed by atoms with Crippen LogP contribution in [0.15, 0.2) is 49.1 Å². The van der Waals surface area contributed by atoms with Gasteiger partial charge in [0.1, 0.15) is 12.5 Å². The number of nitrogens with zero attached hydrogens (tertiary/aromatic N) is 2. The van der Waals surface area contributed by atoms with Crippen LogP contribution < -0.4 is 4.74 Å². The third-order valence-electron chi connectivity index (χ3n) is 4.29. The molecule has 2 heterocycles. The van der Waals surface area contributed by atoms with Gasteiger partial charge in [0.15, 0.2) is 0 Å². The second-order valence-electron chi connectivity index (χ2n) is 5.60. The SMILES string of the molecule is C=CCN1COc2c(ccc3c2c2ccccc2n3C)C1. The molecule has 0 atom stereocenters. The van der Waals surface area contributed by atoms with E-state index in [0.717, 1.165) is 18.8 Å². The number of hydrogen-bond donors (Lipinski definition) is 0. The average Bonchev–Trinajstić information content (AvgIpc) is 2.81. The van der Waals surface area contributed by atoms with E-state index in [0.29, 0.717) is 6.73 Å². The molecule has 0 unspecified atom stereocenters. The highest BCUT2D eigenvalue weighted by Gasteiger charge is 2.21. The molecule has 3 nitrogen and oxygen atoms in total. The van der Waals surface area contributed by atoms with Crippen molar-refractivity contribution in [1.82, 2.24) is 9.47 Å². The van der Waals surface area contributed by atoms with Crippen LogP contribution in [0.1, 0.15) is 5.56 Å². The summed E-state index contributed by atoms with van der Waals surface area (Å²) >= 11 is 0. The fourth-order valence-electron chi connectivity index (χ4n) is 3.29. The lowest BCUT2D eigenvalue weighted by molar-refractivity contribution is 0.109. The summed E-state index contributed by atoms with van der Waals surface area (Å²) < 4.78 is 8.33. The number of rotatable bonds is 2. The molecule has 0 aliphatic carbocycles. The Morgan fingerprint density at radius 3 is 2.90 bits per heavy atom. The van der Waals surface area contributed by atoms with Crippen molar-refractivity contribution >= 4 is 21.8 Å². The van der Waals surface area contributed by atoms with Crippen LogP contribution in [-0.4, -0.2) is 22.7 Å². The number of benzene rings is 2. The molecule has 106 valence electrons. The molecule has 3 heteroatoms. The summed E-state index contributed by atoms with van der Waals surface area (Å²) in [7, 11) is 2.11. The molecule has 21 heavy (non-hydrogen) atoms. The van der Waals surface area contributed by atoms with E-state index in [1.807, 2.05) is 6.08 Å². The molecule has 0 amide bonds. The molecule has 3 aromatic rings. The smallest absolute Gasteiger partial charge is 0.142 e. The van der Waals surface area contributed by atoms with E-state index < -0.39 is 0 Å². The number of ether oxygens (including phenoxy) is 1. The first-order valence-electron chi connectivity index (χ1n) is 7.24. The molecular weight excluding hydrogens is 260 g/mol. The van der Waals surface area contributed by atoms with E-state index in [-0.39, 0.29) is 0 Å². The fourth-order valence-corrected chi connectivity index (χ4v) is 3.29. The van der Waals surface area contributed by atoms with Crippen LogP contribution in [0, 0.1) is 0 Å². The molecule has 0 bridgehead atoms. The van der Waals surface area contributed by atoms with Gasteiger partial charge in [-0.15, -0.1) is 6.58 Å². The van der Waals surface area contributed by atoms with Gasteiger partial charge in [0, 0.05) is 42.0 Å². The van der Waals surface area contributed by atoms with Crippen molar-refractivity contribution in [3.05, 3.63) is 54.6 Å². The van der Waals surface area contributed by atoms with Gasteiger partial charge in [0.25, 0.3) is 0 Å². The van der Waals surface area contributed by atoms with Gasteiger partial charge in [-0.1, -0.05) is 30.3 Å². The topological polar surface area (TPSA) is 17.4 Å². The van der Waals surface area contributed by atoms with Crippen molar-refractivity contribution in [3.63, 3.8) is 0 Å². The molecule has 0 saturated heterocycles. The molecule has 4 rings (SSSR count). The van der Waals surface area contributed by atoms with Crippen LogP contribution in [0.2, 0.25) is 0 Å². The van der Waals surface area contributed by atoms with Crippen molar-refractivity contribution in [2.45, 2.75) is 6.54 Å². The average molecular weight is 278 g/mol. The summed E-state index contributed by atoms with van der Waals surface area (Å²) in [6, 6.07) is 12.9. The molecule has 0 fully saturated rings. The number of aryl methyl sites for hydroxylation is 1. The summed E-state index contributed by atoms with van der Waals surface area (Å²) in [6.45, 7) is 6.20. The van der Waals surface area contributed by atoms with Crippen molar-refractivity contribution in [2.75, 3.05) is 13.3 Å². The molecule has 1 aliphatic rings. The van der Waals surface area contributed by atoms with Crippen molar-refractivity contribution in [2.24, 2.45) is 7.05 Å². The minimum atomic E-state index is 0.626. The van der Waals surface area contributed by atoms with Crippen molar-refractivity contribution in [1.29, 1.82) is 0 Å². The second kappa shape index (κ2) is 4.64.